The molecule has 0 amide bonds. The zero-order valence-electron chi connectivity index (χ0n) is 16.8. The van der Waals surface area contributed by atoms with E-state index in [1.165, 1.54) is 33.6 Å². The molecule has 0 saturated carbocycles. The van der Waals surface area contributed by atoms with Gasteiger partial charge in [0.15, 0.2) is 0 Å². The Morgan fingerprint density at radius 1 is 1.07 bits per heavy atom. The molecule has 30 heavy (non-hydrogen) atoms. The first-order valence-electron chi connectivity index (χ1n) is 10.5. The number of thioether (sulfide) groups is 1. The van der Waals surface area contributed by atoms with Crippen LogP contribution in [0.2, 0.25) is 5.02 Å². The first-order chi connectivity index (χ1) is 14.7. The van der Waals surface area contributed by atoms with Crippen molar-refractivity contribution in [3.8, 4) is 0 Å². The molecule has 2 aromatic heterocycles. The molecule has 1 aliphatic heterocycles. The van der Waals surface area contributed by atoms with Crippen molar-refractivity contribution in [1.29, 1.82) is 0 Å². The van der Waals surface area contributed by atoms with E-state index in [1.54, 1.807) is 11.8 Å². The number of anilines is 1. The number of aromatic nitrogens is 2. The van der Waals surface area contributed by atoms with E-state index in [0.29, 0.717) is 0 Å². The highest BCUT2D eigenvalue weighted by Gasteiger charge is 2.26. The highest BCUT2D eigenvalue weighted by atomic mass is 35.5. The summed E-state index contributed by atoms with van der Waals surface area (Å²) < 4.78 is 0. The third-order valence-corrected chi connectivity index (χ3v) is 8.31. The Bertz CT molecular complexity index is 1030. The molecule has 0 bridgehead atoms. The number of hydrogen-bond acceptors (Lipinski definition) is 7. The molecule has 5 nitrogen and oxygen atoms in total. The van der Waals surface area contributed by atoms with Gasteiger partial charge in [0, 0.05) is 47.5 Å². The summed E-state index contributed by atoms with van der Waals surface area (Å²) in [7, 11) is 0. The fourth-order valence-electron chi connectivity index (χ4n) is 4.32. The van der Waals surface area contributed by atoms with Crippen LogP contribution in [-0.2, 0) is 18.6 Å². The number of nitrogens with zero attached hydrogens (tertiary/aromatic N) is 4. The summed E-state index contributed by atoms with van der Waals surface area (Å²) in [5.74, 6) is 2.77. The summed E-state index contributed by atoms with van der Waals surface area (Å²) in [4.78, 5) is 18.6. The molecule has 1 aromatic carbocycles. The summed E-state index contributed by atoms with van der Waals surface area (Å²) in [6, 6.07) is 7.95. The van der Waals surface area contributed by atoms with Crippen molar-refractivity contribution >= 4 is 50.7 Å². The zero-order valence-corrected chi connectivity index (χ0v) is 19.2. The standard InChI is InChI=1S/C22H25ClN4OS2/c23-15-4-6-16(7-5-15)29-14-19-24-21(27-10-8-26(9-11-27)12-13-28)20-17-2-1-3-18(17)30-22(20)25-19/h4-7,28H,1-3,8-14H2. The van der Waals surface area contributed by atoms with Crippen LogP contribution in [0.1, 0.15) is 22.7 Å². The maximum atomic E-state index is 9.24. The van der Waals surface area contributed by atoms with Crippen molar-refractivity contribution in [3.63, 3.8) is 0 Å². The van der Waals surface area contributed by atoms with Gasteiger partial charge in [0.1, 0.15) is 16.5 Å². The molecule has 0 atom stereocenters. The lowest BCUT2D eigenvalue weighted by molar-refractivity contribution is 0.188. The largest absolute Gasteiger partial charge is 0.395 e. The van der Waals surface area contributed by atoms with Gasteiger partial charge in [0.05, 0.1) is 17.7 Å². The number of benzene rings is 1. The lowest BCUT2D eigenvalue weighted by Gasteiger charge is -2.35. The van der Waals surface area contributed by atoms with Crippen LogP contribution in [0.15, 0.2) is 29.2 Å². The third kappa shape index (κ3) is 4.18. The summed E-state index contributed by atoms with van der Waals surface area (Å²) in [6.45, 7) is 4.80. The Hall–Kier alpha value is -1.38. The van der Waals surface area contributed by atoms with Gasteiger partial charge in [-0.05, 0) is 49.1 Å². The molecule has 3 aromatic rings. The monoisotopic (exact) mass is 460 g/mol. The van der Waals surface area contributed by atoms with Crippen molar-refractivity contribution in [3.05, 3.63) is 45.6 Å². The topological polar surface area (TPSA) is 52.5 Å². The van der Waals surface area contributed by atoms with Gasteiger partial charge in [-0.25, -0.2) is 9.97 Å². The molecule has 2 aliphatic rings. The Kier molecular flexibility index (Phi) is 6.16. The lowest BCUT2D eigenvalue weighted by atomic mass is 10.1. The number of β-amino-alcohol motifs (C(OH)–C–C–N with tert-alkyl or cyclic N) is 1. The van der Waals surface area contributed by atoms with E-state index in [9.17, 15) is 5.11 Å². The van der Waals surface area contributed by atoms with Crippen LogP contribution < -0.4 is 4.90 Å². The second-order valence-corrected chi connectivity index (χ2v) is 10.4. The fourth-order valence-corrected chi connectivity index (χ4v) is 6.47. The van der Waals surface area contributed by atoms with Gasteiger partial charge in [-0.15, -0.1) is 23.1 Å². The summed E-state index contributed by atoms with van der Waals surface area (Å²) in [5.41, 5.74) is 1.49. The molecule has 3 heterocycles. The molecule has 0 unspecified atom stereocenters. The molecule has 1 N–H and O–H groups in total. The second kappa shape index (κ2) is 9.01. The van der Waals surface area contributed by atoms with Crippen LogP contribution in [-0.4, -0.2) is 59.3 Å². The van der Waals surface area contributed by atoms with Crippen LogP contribution in [0.25, 0.3) is 10.2 Å². The lowest BCUT2D eigenvalue weighted by Crippen LogP contribution is -2.47. The van der Waals surface area contributed by atoms with Crippen molar-refractivity contribution in [1.82, 2.24) is 14.9 Å². The van der Waals surface area contributed by atoms with E-state index in [1.807, 2.05) is 35.6 Å². The van der Waals surface area contributed by atoms with Crippen LogP contribution in [0.5, 0.6) is 0 Å². The molecule has 8 heteroatoms. The molecule has 1 saturated heterocycles. The number of aliphatic hydroxyl groups is 1. The number of halogens is 1. The molecular weight excluding hydrogens is 436 g/mol. The number of rotatable bonds is 6. The molecular formula is C22H25ClN4OS2. The normalized spacial score (nSPS) is 17.1. The predicted molar refractivity (Wildman–Crippen MR) is 126 cm³/mol. The zero-order chi connectivity index (χ0) is 20.5. The molecule has 1 fully saturated rings. The fraction of sp³-hybridized carbons (Fsp3) is 0.455. The Morgan fingerprint density at radius 2 is 1.87 bits per heavy atom. The minimum atomic E-state index is 0.224. The maximum Gasteiger partial charge on any atom is 0.142 e. The van der Waals surface area contributed by atoms with E-state index in [0.717, 1.165) is 66.4 Å². The van der Waals surface area contributed by atoms with Gasteiger partial charge >= 0.3 is 0 Å². The van der Waals surface area contributed by atoms with Gasteiger partial charge in [0.2, 0.25) is 0 Å². The Morgan fingerprint density at radius 3 is 2.63 bits per heavy atom. The van der Waals surface area contributed by atoms with Crippen molar-refractivity contribution in [2.75, 3.05) is 44.2 Å². The number of hydrogen-bond donors (Lipinski definition) is 1. The number of piperazine rings is 1. The second-order valence-electron chi connectivity index (χ2n) is 7.80. The van der Waals surface area contributed by atoms with Crippen LogP contribution in [0, 0.1) is 0 Å². The van der Waals surface area contributed by atoms with Gasteiger partial charge in [-0.1, -0.05) is 11.6 Å². The summed E-state index contributed by atoms with van der Waals surface area (Å²) >= 11 is 9.63. The first-order valence-corrected chi connectivity index (χ1v) is 12.7. The highest BCUT2D eigenvalue weighted by Crippen LogP contribution is 2.41. The average molecular weight is 461 g/mol. The highest BCUT2D eigenvalue weighted by molar-refractivity contribution is 7.98. The Labute approximate surface area is 190 Å². The molecule has 1 aliphatic carbocycles. The first kappa shape index (κ1) is 20.5. The SMILES string of the molecule is OCCN1CCN(c2nc(CSc3ccc(Cl)cc3)nc3sc4c(c23)CCC4)CC1. The minimum absolute atomic E-state index is 0.224. The summed E-state index contributed by atoms with van der Waals surface area (Å²) in [5, 5.41) is 11.3. The number of thiophene rings is 1. The quantitative estimate of drug-likeness (QED) is 0.555. The van der Waals surface area contributed by atoms with E-state index >= 15 is 0 Å². The van der Waals surface area contributed by atoms with E-state index in [4.69, 9.17) is 21.6 Å². The maximum absolute atomic E-state index is 9.24. The smallest absolute Gasteiger partial charge is 0.142 e. The molecule has 0 spiro atoms. The predicted octanol–water partition coefficient (Wildman–Crippen LogP) is 4.24. The minimum Gasteiger partial charge on any atom is -0.395 e. The molecule has 158 valence electrons. The van der Waals surface area contributed by atoms with Crippen LogP contribution in [0.4, 0.5) is 5.82 Å². The molecule has 5 rings (SSSR count). The number of aliphatic hydroxyl groups excluding tert-OH is 1. The van der Waals surface area contributed by atoms with Gasteiger partial charge in [-0.2, -0.15) is 0 Å². The Balaban J connectivity index is 1.44. The van der Waals surface area contributed by atoms with Crippen molar-refractivity contribution in [2.45, 2.75) is 29.9 Å². The van der Waals surface area contributed by atoms with Crippen molar-refractivity contribution in [2.24, 2.45) is 0 Å². The van der Waals surface area contributed by atoms with E-state index in [-0.39, 0.29) is 6.61 Å². The third-order valence-electron chi connectivity index (χ3n) is 5.86. The van der Waals surface area contributed by atoms with E-state index < -0.39 is 0 Å². The summed E-state index contributed by atoms with van der Waals surface area (Å²) in [6.07, 6.45) is 3.57. The van der Waals surface area contributed by atoms with Crippen molar-refractivity contribution < 1.29 is 5.11 Å². The van der Waals surface area contributed by atoms with Gasteiger partial charge in [-0.3, -0.25) is 4.90 Å². The average Bonchev–Trinajstić information content (AvgIpc) is 3.35. The van der Waals surface area contributed by atoms with E-state index in [2.05, 4.69) is 9.80 Å². The number of fused-ring (bicyclic) bond motifs is 3. The molecule has 0 radical (unpaired) electrons. The van der Waals surface area contributed by atoms with Crippen LogP contribution >= 0.6 is 34.7 Å². The number of aryl methyl sites for hydroxylation is 2. The van der Waals surface area contributed by atoms with Gasteiger partial charge in [0.25, 0.3) is 0 Å². The van der Waals surface area contributed by atoms with Gasteiger partial charge < -0.3 is 10.0 Å². The van der Waals surface area contributed by atoms with Crippen LogP contribution in [0.3, 0.4) is 0 Å².